The average Bonchev–Trinajstić information content (AvgIpc) is 2.65. The lowest BCUT2D eigenvalue weighted by Gasteiger charge is -2.05. The van der Waals surface area contributed by atoms with Gasteiger partial charge in [-0.05, 0) is 13.8 Å². The Morgan fingerprint density at radius 2 is 2.25 bits per heavy atom. The largest absolute Gasteiger partial charge is 0.481 e. The van der Waals surface area contributed by atoms with E-state index in [1.807, 2.05) is 18.4 Å². The van der Waals surface area contributed by atoms with Crippen molar-refractivity contribution in [3.63, 3.8) is 0 Å². The van der Waals surface area contributed by atoms with Crippen molar-refractivity contribution in [1.82, 2.24) is 14.8 Å². The highest BCUT2D eigenvalue weighted by Crippen LogP contribution is 2.17. The molecule has 0 fully saturated rings. The van der Waals surface area contributed by atoms with Gasteiger partial charge in [0, 0.05) is 13.2 Å². The normalized spacial score (nSPS) is 10.6. The fourth-order valence-corrected chi connectivity index (χ4v) is 1.91. The maximum atomic E-state index is 10.4. The van der Waals surface area contributed by atoms with E-state index in [9.17, 15) is 4.79 Å². The van der Waals surface area contributed by atoms with Crippen molar-refractivity contribution in [2.24, 2.45) is 0 Å². The van der Waals surface area contributed by atoms with Gasteiger partial charge >= 0.3 is 5.97 Å². The minimum absolute atomic E-state index is 0.00717. The number of aromatic nitrogens is 3. The van der Waals surface area contributed by atoms with Crippen LogP contribution in [-0.4, -0.2) is 38.2 Å². The van der Waals surface area contributed by atoms with Gasteiger partial charge < -0.3 is 14.4 Å². The molecular weight excluding hydrogens is 230 g/mol. The highest BCUT2D eigenvalue weighted by atomic mass is 32.2. The van der Waals surface area contributed by atoms with E-state index in [2.05, 4.69) is 10.2 Å². The van der Waals surface area contributed by atoms with Gasteiger partial charge in [-0.1, -0.05) is 11.8 Å². The van der Waals surface area contributed by atoms with E-state index < -0.39 is 5.97 Å². The van der Waals surface area contributed by atoms with Crippen LogP contribution in [0.3, 0.4) is 0 Å². The number of hydrogen-bond acceptors (Lipinski definition) is 5. The summed E-state index contributed by atoms with van der Waals surface area (Å²) in [4.78, 5) is 10.4. The molecule has 0 spiro atoms. The summed E-state index contributed by atoms with van der Waals surface area (Å²) in [7, 11) is 0. The zero-order valence-electron chi connectivity index (χ0n) is 9.34. The molecule has 0 unspecified atom stereocenters. The minimum Gasteiger partial charge on any atom is -0.481 e. The van der Waals surface area contributed by atoms with Gasteiger partial charge in [0.2, 0.25) is 0 Å². The fraction of sp³-hybridized carbons (Fsp3) is 0.667. The van der Waals surface area contributed by atoms with E-state index in [1.54, 1.807) is 0 Å². The van der Waals surface area contributed by atoms with Crippen LogP contribution in [0.15, 0.2) is 5.16 Å². The molecule has 0 aliphatic rings. The third-order valence-corrected chi connectivity index (χ3v) is 2.82. The van der Waals surface area contributed by atoms with Crippen molar-refractivity contribution in [2.75, 3.05) is 12.4 Å². The molecule has 1 rings (SSSR count). The SMILES string of the molecule is CCOCc1nnc(SCC(=O)O)n1CC. The second kappa shape index (κ2) is 6.49. The third kappa shape index (κ3) is 3.49. The van der Waals surface area contributed by atoms with Gasteiger partial charge in [0.1, 0.15) is 6.61 Å². The third-order valence-electron chi connectivity index (χ3n) is 1.87. The van der Waals surface area contributed by atoms with Gasteiger partial charge in [0.05, 0.1) is 5.75 Å². The zero-order valence-corrected chi connectivity index (χ0v) is 10.2. The molecule has 0 atom stereocenters. The smallest absolute Gasteiger partial charge is 0.313 e. The van der Waals surface area contributed by atoms with Gasteiger partial charge in [-0.15, -0.1) is 10.2 Å². The molecule has 0 aromatic carbocycles. The molecule has 7 heteroatoms. The van der Waals surface area contributed by atoms with Gasteiger partial charge in [0.25, 0.3) is 0 Å². The standard InChI is InChI=1S/C9H15N3O3S/c1-3-12-7(5-15-4-2)10-11-9(12)16-6-8(13)14/h3-6H2,1-2H3,(H,13,14). The summed E-state index contributed by atoms with van der Waals surface area (Å²) < 4.78 is 7.12. The molecular formula is C9H15N3O3S. The molecule has 0 amide bonds. The summed E-state index contributed by atoms with van der Waals surface area (Å²) in [5, 5.41) is 17.1. The van der Waals surface area contributed by atoms with Crippen LogP contribution >= 0.6 is 11.8 Å². The van der Waals surface area contributed by atoms with Crippen molar-refractivity contribution in [3.8, 4) is 0 Å². The molecule has 0 saturated carbocycles. The number of thioether (sulfide) groups is 1. The Morgan fingerprint density at radius 1 is 1.50 bits per heavy atom. The first-order valence-electron chi connectivity index (χ1n) is 5.03. The summed E-state index contributed by atoms with van der Waals surface area (Å²) >= 11 is 1.17. The number of carboxylic acids is 1. The first-order valence-corrected chi connectivity index (χ1v) is 6.02. The lowest BCUT2D eigenvalue weighted by molar-refractivity contribution is -0.133. The quantitative estimate of drug-likeness (QED) is 0.722. The molecule has 0 radical (unpaired) electrons. The van der Waals surface area contributed by atoms with Gasteiger partial charge in [0.15, 0.2) is 11.0 Å². The zero-order chi connectivity index (χ0) is 12.0. The van der Waals surface area contributed by atoms with Crippen LogP contribution < -0.4 is 0 Å². The molecule has 6 nitrogen and oxygen atoms in total. The Kier molecular flexibility index (Phi) is 5.27. The molecule has 0 saturated heterocycles. The Balaban J connectivity index is 2.69. The number of aliphatic carboxylic acids is 1. The summed E-state index contributed by atoms with van der Waals surface area (Å²) in [6.45, 7) is 5.60. The van der Waals surface area contributed by atoms with Crippen LogP contribution in [-0.2, 0) is 22.7 Å². The number of nitrogens with zero attached hydrogens (tertiary/aromatic N) is 3. The van der Waals surface area contributed by atoms with Crippen LogP contribution in [0.5, 0.6) is 0 Å². The van der Waals surface area contributed by atoms with Crippen LogP contribution in [0.4, 0.5) is 0 Å². The molecule has 1 heterocycles. The number of carbonyl (C=O) groups is 1. The second-order valence-electron chi connectivity index (χ2n) is 2.96. The molecule has 16 heavy (non-hydrogen) atoms. The maximum Gasteiger partial charge on any atom is 0.313 e. The highest BCUT2D eigenvalue weighted by Gasteiger charge is 2.12. The summed E-state index contributed by atoms with van der Waals surface area (Å²) in [5.74, 6) is -0.133. The molecule has 0 bridgehead atoms. The van der Waals surface area contributed by atoms with E-state index in [0.717, 1.165) is 5.82 Å². The van der Waals surface area contributed by atoms with E-state index in [0.29, 0.717) is 24.9 Å². The summed E-state index contributed by atoms with van der Waals surface area (Å²) in [6, 6.07) is 0. The highest BCUT2D eigenvalue weighted by molar-refractivity contribution is 7.99. The van der Waals surface area contributed by atoms with E-state index in [-0.39, 0.29) is 5.75 Å². The van der Waals surface area contributed by atoms with Crippen molar-refractivity contribution in [3.05, 3.63) is 5.82 Å². The lowest BCUT2D eigenvalue weighted by atomic mass is 10.6. The maximum absolute atomic E-state index is 10.4. The van der Waals surface area contributed by atoms with Crippen LogP contribution in [0.2, 0.25) is 0 Å². The minimum atomic E-state index is -0.859. The predicted octanol–water partition coefficient (Wildman–Crippen LogP) is 1.01. The molecule has 0 aliphatic heterocycles. The van der Waals surface area contributed by atoms with Gasteiger partial charge in [-0.25, -0.2) is 0 Å². The van der Waals surface area contributed by atoms with Gasteiger partial charge in [-0.3, -0.25) is 4.79 Å². The van der Waals surface area contributed by atoms with Crippen molar-refractivity contribution in [2.45, 2.75) is 32.2 Å². The lowest BCUT2D eigenvalue weighted by Crippen LogP contribution is -2.06. The Hall–Kier alpha value is -1.08. The molecule has 90 valence electrons. The monoisotopic (exact) mass is 245 g/mol. The number of ether oxygens (including phenoxy) is 1. The fourth-order valence-electron chi connectivity index (χ4n) is 1.17. The average molecular weight is 245 g/mol. The van der Waals surface area contributed by atoms with Crippen LogP contribution in [0, 0.1) is 0 Å². The summed E-state index contributed by atoms with van der Waals surface area (Å²) in [5.41, 5.74) is 0. The van der Waals surface area contributed by atoms with Crippen LogP contribution in [0.25, 0.3) is 0 Å². The number of carboxylic acid groups (broad SMARTS) is 1. The second-order valence-corrected chi connectivity index (χ2v) is 3.91. The first-order chi connectivity index (χ1) is 7.69. The van der Waals surface area contributed by atoms with Crippen LogP contribution in [0.1, 0.15) is 19.7 Å². The van der Waals surface area contributed by atoms with Crippen molar-refractivity contribution >= 4 is 17.7 Å². The number of rotatable bonds is 7. The van der Waals surface area contributed by atoms with E-state index in [1.165, 1.54) is 11.8 Å². The molecule has 0 aliphatic carbocycles. The first kappa shape index (κ1) is 13.0. The van der Waals surface area contributed by atoms with E-state index in [4.69, 9.17) is 9.84 Å². The molecule has 1 N–H and O–H groups in total. The van der Waals surface area contributed by atoms with Crippen molar-refractivity contribution in [1.29, 1.82) is 0 Å². The predicted molar refractivity (Wildman–Crippen MR) is 59.4 cm³/mol. The van der Waals surface area contributed by atoms with E-state index >= 15 is 0 Å². The topological polar surface area (TPSA) is 77.2 Å². The van der Waals surface area contributed by atoms with Gasteiger partial charge in [-0.2, -0.15) is 0 Å². The Labute approximate surface area is 98.0 Å². The summed E-state index contributed by atoms with van der Waals surface area (Å²) in [6.07, 6.45) is 0. The van der Waals surface area contributed by atoms with Crippen molar-refractivity contribution < 1.29 is 14.6 Å². The molecule has 1 aromatic heterocycles. The number of hydrogen-bond donors (Lipinski definition) is 1. The molecule has 1 aromatic rings. The Morgan fingerprint density at radius 3 is 2.81 bits per heavy atom. The Bertz CT molecular complexity index is 354.